The average Bonchev–Trinajstić information content (AvgIpc) is 3.05. The highest BCUT2D eigenvalue weighted by Crippen LogP contribution is 2.26. The normalized spacial score (nSPS) is 11.0. The fraction of sp³-hybridized carbons (Fsp3) is 0.286. The predicted molar refractivity (Wildman–Crippen MR) is 76.8 cm³/mol. The highest BCUT2D eigenvalue weighted by Gasteiger charge is 2.19. The van der Waals surface area contributed by atoms with Crippen molar-refractivity contribution in [3.05, 3.63) is 29.6 Å². The van der Waals surface area contributed by atoms with E-state index in [1.54, 1.807) is 6.92 Å². The first-order chi connectivity index (χ1) is 10.1. The number of rotatable bonds is 3. The lowest BCUT2D eigenvalue weighted by atomic mass is 10.1. The summed E-state index contributed by atoms with van der Waals surface area (Å²) in [6.45, 7) is 4.05. The summed E-state index contributed by atoms with van der Waals surface area (Å²) in [5, 5.41) is 15.9. The summed E-state index contributed by atoms with van der Waals surface area (Å²) in [6.07, 6.45) is 0. The number of aromatic amines is 1. The number of nitrogens with zero attached hydrogens (tertiary/aromatic N) is 4. The van der Waals surface area contributed by atoms with Crippen molar-refractivity contribution < 1.29 is 9.53 Å². The minimum absolute atomic E-state index is 0.184. The molecule has 3 aromatic rings. The molecule has 3 rings (SSSR count). The molecule has 0 unspecified atom stereocenters. The molecule has 1 N–H and O–H groups in total. The first-order valence-corrected chi connectivity index (χ1v) is 6.63. The van der Waals surface area contributed by atoms with Crippen LogP contribution in [0, 0.1) is 6.92 Å². The number of esters is 1. The number of H-pyrrole nitrogens is 1. The molecule has 0 aliphatic carbocycles. The molecular formula is C14H15N5O2. The zero-order chi connectivity index (χ0) is 15.0. The Labute approximate surface area is 120 Å². The van der Waals surface area contributed by atoms with Gasteiger partial charge in [0.15, 0.2) is 5.69 Å². The number of nitrogens with one attached hydrogen (secondary N) is 1. The van der Waals surface area contributed by atoms with Crippen molar-refractivity contribution in [1.82, 2.24) is 25.2 Å². The number of aromatic nitrogens is 5. The quantitative estimate of drug-likeness (QED) is 0.742. The monoisotopic (exact) mass is 285 g/mol. The number of hydrogen-bond acceptors (Lipinski definition) is 5. The molecule has 0 amide bonds. The number of aryl methyl sites for hydroxylation is 2. The molecule has 0 saturated heterocycles. The first-order valence-electron chi connectivity index (χ1n) is 6.63. The van der Waals surface area contributed by atoms with Crippen LogP contribution < -0.4 is 0 Å². The van der Waals surface area contributed by atoms with Crippen LogP contribution in [0.15, 0.2) is 18.2 Å². The Bertz CT molecular complexity index is 818. The van der Waals surface area contributed by atoms with Gasteiger partial charge >= 0.3 is 5.97 Å². The van der Waals surface area contributed by atoms with E-state index < -0.39 is 5.97 Å². The lowest BCUT2D eigenvalue weighted by molar-refractivity contribution is 0.0520. The van der Waals surface area contributed by atoms with E-state index in [0.717, 1.165) is 22.2 Å². The van der Waals surface area contributed by atoms with E-state index in [0.29, 0.717) is 12.3 Å². The van der Waals surface area contributed by atoms with Crippen LogP contribution in [0.25, 0.3) is 22.2 Å². The van der Waals surface area contributed by atoms with E-state index in [2.05, 4.69) is 20.5 Å². The van der Waals surface area contributed by atoms with Crippen molar-refractivity contribution in [2.75, 3.05) is 6.61 Å². The number of carbonyl (C=O) groups excluding carboxylic acids is 1. The molecule has 2 heterocycles. The number of hydrogen-bond donors (Lipinski definition) is 1. The van der Waals surface area contributed by atoms with Crippen molar-refractivity contribution >= 4 is 16.9 Å². The Morgan fingerprint density at radius 3 is 2.95 bits per heavy atom. The summed E-state index contributed by atoms with van der Waals surface area (Å²) >= 11 is 0. The fourth-order valence-electron chi connectivity index (χ4n) is 2.25. The summed E-state index contributed by atoms with van der Waals surface area (Å²) < 4.78 is 6.80. The molecule has 0 aliphatic heterocycles. The topological polar surface area (TPSA) is 85.7 Å². The van der Waals surface area contributed by atoms with Crippen molar-refractivity contribution in [3.8, 4) is 11.3 Å². The number of fused-ring (bicyclic) bond motifs is 1. The van der Waals surface area contributed by atoms with Crippen LogP contribution >= 0.6 is 0 Å². The van der Waals surface area contributed by atoms with Gasteiger partial charge in [0.25, 0.3) is 0 Å². The number of ether oxygens (including phenoxy) is 1. The van der Waals surface area contributed by atoms with Crippen molar-refractivity contribution in [2.24, 2.45) is 7.05 Å². The van der Waals surface area contributed by atoms with E-state index >= 15 is 0 Å². The third-order valence-corrected chi connectivity index (χ3v) is 3.42. The van der Waals surface area contributed by atoms with Gasteiger partial charge in [0.1, 0.15) is 5.69 Å². The molecule has 108 valence electrons. The second-order valence-corrected chi connectivity index (χ2v) is 4.68. The molecule has 7 heteroatoms. The molecule has 0 atom stereocenters. The Hall–Kier alpha value is -2.70. The minimum atomic E-state index is -0.487. The summed E-state index contributed by atoms with van der Waals surface area (Å²) in [5.41, 5.74) is 3.37. The Kier molecular flexibility index (Phi) is 3.17. The summed E-state index contributed by atoms with van der Waals surface area (Å²) in [4.78, 5) is 11.9. The van der Waals surface area contributed by atoms with E-state index in [-0.39, 0.29) is 5.69 Å². The smallest absolute Gasteiger partial charge is 0.361 e. The van der Waals surface area contributed by atoms with Gasteiger partial charge in [0.05, 0.1) is 12.1 Å². The average molecular weight is 285 g/mol. The highest BCUT2D eigenvalue weighted by molar-refractivity contribution is 5.95. The number of carbonyl (C=O) groups is 1. The molecular weight excluding hydrogens is 270 g/mol. The van der Waals surface area contributed by atoms with Gasteiger partial charge in [-0.1, -0.05) is 12.1 Å². The molecule has 21 heavy (non-hydrogen) atoms. The zero-order valence-electron chi connectivity index (χ0n) is 12.0. The number of benzene rings is 1. The molecule has 0 spiro atoms. The van der Waals surface area contributed by atoms with Gasteiger partial charge in [-0.15, -0.1) is 5.10 Å². The molecule has 0 fully saturated rings. The molecule has 0 aliphatic rings. The SMILES string of the molecule is CCOC(=O)c1n[nH]nc1-c1ccc2c(C)n(C)nc2c1. The molecule has 0 bridgehead atoms. The van der Waals surface area contributed by atoms with Gasteiger partial charge in [-0.25, -0.2) is 4.79 Å². The van der Waals surface area contributed by atoms with Crippen LogP contribution in [0.4, 0.5) is 0 Å². The van der Waals surface area contributed by atoms with Crippen LogP contribution in [0.5, 0.6) is 0 Å². The van der Waals surface area contributed by atoms with Gasteiger partial charge in [-0.2, -0.15) is 15.4 Å². The van der Waals surface area contributed by atoms with Crippen LogP contribution in [0.3, 0.4) is 0 Å². The van der Waals surface area contributed by atoms with Gasteiger partial charge in [-0.05, 0) is 19.9 Å². The van der Waals surface area contributed by atoms with Crippen LogP contribution in [0.2, 0.25) is 0 Å². The first kappa shape index (κ1) is 13.3. The highest BCUT2D eigenvalue weighted by atomic mass is 16.5. The summed E-state index contributed by atoms with van der Waals surface area (Å²) in [6, 6.07) is 5.76. The Morgan fingerprint density at radius 1 is 1.38 bits per heavy atom. The zero-order valence-corrected chi connectivity index (χ0v) is 12.0. The molecule has 0 radical (unpaired) electrons. The van der Waals surface area contributed by atoms with Crippen LogP contribution in [0.1, 0.15) is 23.1 Å². The van der Waals surface area contributed by atoms with E-state index in [1.807, 2.05) is 36.9 Å². The van der Waals surface area contributed by atoms with Crippen LogP contribution in [-0.4, -0.2) is 37.8 Å². The standard InChI is InChI=1S/C14H15N5O2/c1-4-21-14(20)13-12(15-18-16-13)9-5-6-10-8(2)19(3)17-11(10)7-9/h5-7H,4H2,1-3H3,(H,15,16,18). The van der Waals surface area contributed by atoms with Gasteiger partial charge in [0, 0.05) is 23.7 Å². The second kappa shape index (κ2) is 5.01. The molecule has 1 aromatic carbocycles. The van der Waals surface area contributed by atoms with Crippen molar-refractivity contribution in [1.29, 1.82) is 0 Å². The van der Waals surface area contributed by atoms with Gasteiger partial charge in [-0.3, -0.25) is 4.68 Å². The van der Waals surface area contributed by atoms with Crippen molar-refractivity contribution in [2.45, 2.75) is 13.8 Å². The van der Waals surface area contributed by atoms with Gasteiger partial charge in [0.2, 0.25) is 0 Å². The molecule has 0 saturated carbocycles. The maximum absolute atomic E-state index is 11.9. The largest absolute Gasteiger partial charge is 0.461 e. The maximum Gasteiger partial charge on any atom is 0.361 e. The lowest BCUT2D eigenvalue weighted by Crippen LogP contribution is -2.06. The summed E-state index contributed by atoms with van der Waals surface area (Å²) in [7, 11) is 1.90. The maximum atomic E-state index is 11.9. The predicted octanol–water partition coefficient (Wildman–Crippen LogP) is 1.84. The summed E-state index contributed by atoms with van der Waals surface area (Å²) in [5.74, 6) is -0.487. The van der Waals surface area contributed by atoms with E-state index in [9.17, 15) is 4.79 Å². The van der Waals surface area contributed by atoms with Gasteiger partial charge < -0.3 is 4.74 Å². The third-order valence-electron chi connectivity index (χ3n) is 3.42. The fourth-order valence-corrected chi connectivity index (χ4v) is 2.25. The lowest BCUT2D eigenvalue weighted by Gasteiger charge is -2.01. The second-order valence-electron chi connectivity index (χ2n) is 4.68. The molecule has 2 aromatic heterocycles. The third kappa shape index (κ3) is 2.16. The molecule has 7 nitrogen and oxygen atoms in total. The Balaban J connectivity index is 2.09. The Morgan fingerprint density at radius 2 is 2.19 bits per heavy atom. The van der Waals surface area contributed by atoms with E-state index in [4.69, 9.17) is 4.74 Å². The minimum Gasteiger partial charge on any atom is -0.461 e. The van der Waals surface area contributed by atoms with Crippen LogP contribution in [-0.2, 0) is 11.8 Å². The van der Waals surface area contributed by atoms with Crippen molar-refractivity contribution in [3.63, 3.8) is 0 Å². The van der Waals surface area contributed by atoms with E-state index in [1.165, 1.54) is 0 Å².